The van der Waals surface area contributed by atoms with Crippen LogP contribution in [-0.2, 0) is 0 Å². The van der Waals surface area contributed by atoms with Gasteiger partial charge < -0.3 is 14.6 Å². The quantitative estimate of drug-likeness (QED) is 0.820. The molecule has 2 aliphatic heterocycles. The van der Waals surface area contributed by atoms with Crippen LogP contribution in [0.3, 0.4) is 0 Å². The number of carbonyl (C=O) groups is 1. The van der Waals surface area contributed by atoms with Crippen molar-refractivity contribution in [2.45, 2.75) is 13.0 Å². The van der Waals surface area contributed by atoms with E-state index in [-0.39, 0.29) is 5.91 Å². The van der Waals surface area contributed by atoms with E-state index in [2.05, 4.69) is 10.2 Å². The Bertz CT molecular complexity index is 431. The molecule has 0 bridgehead atoms. The van der Waals surface area contributed by atoms with Crippen LogP contribution in [0.4, 0.5) is 0 Å². The minimum atomic E-state index is 0.104. The number of furan rings is 1. The summed E-state index contributed by atoms with van der Waals surface area (Å²) in [5.74, 6) is 0.818. The van der Waals surface area contributed by atoms with Crippen molar-refractivity contribution in [1.82, 2.24) is 15.1 Å². The molecule has 3 heterocycles. The molecular weight excluding hydrogens is 230 g/mol. The van der Waals surface area contributed by atoms with Gasteiger partial charge in [0.2, 0.25) is 0 Å². The molecule has 3 rings (SSSR count). The molecule has 2 aliphatic rings. The summed E-state index contributed by atoms with van der Waals surface area (Å²) >= 11 is 0. The zero-order valence-corrected chi connectivity index (χ0v) is 10.7. The lowest BCUT2D eigenvalue weighted by Gasteiger charge is -2.43. The highest BCUT2D eigenvalue weighted by Crippen LogP contribution is 2.15. The van der Waals surface area contributed by atoms with Gasteiger partial charge in [-0.15, -0.1) is 0 Å². The number of hydrogen-bond donors (Lipinski definition) is 1. The molecule has 1 aromatic rings. The highest BCUT2D eigenvalue weighted by molar-refractivity contribution is 5.95. The van der Waals surface area contributed by atoms with Gasteiger partial charge >= 0.3 is 0 Å². The van der Waals surface area contributed by atoms with Crippen molar-refractivity contribution in [2.24, 2.45) is 0 Å². The van der Waals surface area contributed by atoms with E-state index in [9.17, 15) is 4.79 Å². The van der Waals surface area contributed by atoms with Crippen molar-refractivity contribution >= 4 is 5.91 Å². The van der Waals surface area contributed by atoms with Gasteiger partial charge in [0.25, 0.3) is 5.91 Å². The molecule has 0 unspecified atom stereocenters. The fourth-order valence-corrected chi connectivity index (χ4v) is 2.60. The Morgan fingerprint density at radius 1 is 1.33 bits per heavy atom. The maximum atomic E-state index is 12.3. The lowest BCUT2D eigenvalue weighted by atomic mass is 10.1. The molecule has 0 aromatic carbocycles. The fraction of sp³-hybridized carbons (Fsp3) is 0.615. The molecular formula is C13H19N3O2. The molecule has 0 aliphatic carbocycles. The van der Waals surface area contributed by atoms with E-state index in [1.807, 2.05) is 11.8 Å². The van der Waals surface area contributed by atoms with E-state index < -0.39 is 0 Å². The Hall–Kier alpha value is -1.33. The number of hydrogen-bond acceptors (Lipinski definition) is 4. The summed E-state index contributed by atoms with van der Waals surface area (Å²) in [5.41, 5.74) is 0.703. The third-order valence-electron chi connectivity index (χ3n) is 3.97. The van der Waals surface area contributed by atoms with Crippen LogP contribution in [0.1, 0.15) is 16.1 Å². The summed E-state index contributed by atoms with van der Waals surface area (Å²) in [6.07, 6.45) is 1.58. The first-order chi connectivity index (χ1) is 8.75. The molecule has 1 amide bonds. The molecule has 0 radical (unpaired) electrons. The van der Waals surface area contributed by atoms with Crippen molar-refractivity contribution in [3.05, 3.63) is 23.7 Å². The molecule has 0 spiro atoms. The van der Waals surface area contributed by atoms with E-state index in [0.717, 1.165) is 39.3 Å². The van der Waals surface area contributed by atoms with Crippen LogP contribution in [0.2, 0.25) is 0 Å². The first kappa shape index (κ1) is 11.7. The van der Waals surface area contributed by atoms with Crippen LogP contribution in [0.15, 0.2) is 16.7 Å². The summed E-state index contributed by atoms with van der Waals surface area (Å²) in [7, 11) is 0. The Morgan fingerprint density at radius 2 is 2.06 bits per heavy atom. The van der Waals surface area contributed by atoms with Crippen LogP contribution in [0.5, 0.6) is 0 Å². The minimum absolute atomic E-state index is 0.104. The lowest BCUT2D eigenvalue weighted by Crippen LogP contribution is -2.62. The molecule has 2 fully saturated rings. The zero-order chi connectivity index (χ0) is 12.5. The highest BCUT2D eigenvalue weighted by Gasteiger charge is 2.30. The number of nitrogens with zero attached hydrogens (tertiary/aromatic N) is 2. The topological polar surface area (TPSA) is 48.7 Å². The third-order valence-corrected chi connectivity index (χ3v) is 3.97. The largest absolute Gasteiger partial charge is 0.469 e. The van der Waals surface area contributed by atoms with Crippen molar-refractivity contribution in [2.75, 3.05) is 39.3 Å². The van der Waals surface area contributed by atoms with Gasteiger partial charge in [0.15, 0.2) is 0 Å². The zero-order valence-electron chi connectivity index (χ0n) is 10.7. The standard InChI is InChI=1S/C13H19N3O2/c1-10-12(2-7-18-10)13(17)16-5-3-15(4-6-16)11-8-14-9-11/h2,7,11,14H,3-6,8-9H2,1H3. The summed E-state index contributed by atoms with van der Waals surface area (Å²) in [4.78, 5) is 16.7. The molecule has 1 N–H and O–H groups in total. The lowest BCUT2D eigenvalue weighted by molar-refractivity contribution is 0.0500. The van der Waals surface area contributed by atoms with E-state index in [4.69, 9.17) is 4.42 Å². The number of carbonyl (C=O) groups excluding carboxylic acids is 1. The van der Waals surface area contributed by atoms with Crippen LogP contribution in [0.25, 0.3) is 0 Å². The molecule has 5 heteroatoms. The molecule has 2 saturated heterocycles. The maximum Gasteiger partial charge on any atom is 0.257 e. The highest BCUT2D eigenvalue weighted by atomic mass is 16.3. The van der Waals surface area contributed by atoms with Crippen LogP contribution < -0.4 is 5.32 Å². The summed E-state index contributed by atoms with van der Waals surface area (Å²) < 4.78 is 5.20. The van der Waals surface area contributed by atoms with Crippen LogP contribution in [-0.4, -0.2) is 61.0 Å². The number of rotatable bonds is 2. The second-order valence-corrected chi connectivity index (χ2v) is 5.03. The van der Waals surface area contributed by atoms with E-state index in [1.165, 1.54) is 0 Å². The number of amides is 1. The molecule has 5 nitrogen and oxygen atoms in total. The fourth-order valence-electron chi connectivity index (χ4n) is 2.60. The SMILES string of the molecule is Cc1occc1C(=O)N1CCN(C2CNC2)CC1. The Balaban J connectivity index is 1.59. The van der Waals surface area contributed by atoms with Gasteiger partial charge in [-0.1, -0.05) is 0 Å². The average Bonchev–Trinajstić information content (AvgIpc) is 2.73. The number of nitrogens with one attached hydrogen (secondary N) is 1. The molecule has 0 saturated carbocycles. The van der Waals surface area contributed by atoms with Crippen molar-refractivity contribution in [1.29, 1.82) is 0 Å². The van der Waals surface area contributed by atoms with Crippen molar-refractivity contribution in [3.63, 3.8) is 0 Å². The van der Waals surface area contributed by atoms with Crippen molar-refractivity contribution in [3.8, 4) is 0 Å². The van der Waals surface area contributed by atoms with Gasteiger partial charge in [-0.25, -0.2) is 0 Å². The van der Waals surface area contributed by atoms with Gasteiger partial charge in [-0.2, -0.15) is 0 Å². The molecule has 0 atom stereocenters. The van der Waals surface area contributed by atoms with Gasteiger partial charge in [0, 0.05) is 45.3 Å². The molecule has 18 heavy (non-hydrogen) atoms. The van der Waals surface area contributed by atoms with E-state index >= 15 is 0 Å². The average molecular weight is 249 g/mol. The summed E-state index contributed by atoms with van der Waals surface area (Å²) in [5, 5.41) is 3.29. The monoisotopic (exact) mass is 249 g/mol. The van der Waals surface area contributed by atoms with Crippen LogP contribution in [0, 0.1) is 6.92 Å². The minimum Gasteiger partial charge on any atom is -0.469 e. The normalized spacial score (nSPS) is 21.9. The predicted octanol–water partition coefficient (Wildman–Crippen LogP) is 0.318. The molecule has 98 valence electrons. The number of aryl methyl sites for hydroxylation is 1. The van der Waals surface area contributed by atoms with Gasteiger partial charge in [0.05, 0.1) is 11.8 Å². The Kier molecular flexibility index (Phi) is 3.09. The first-order valence-electron chi connectivity index (χ1n) is 6.54. The van der Waals surface area contributed by atoms with Gasteiger partial charge in [-0.05, 0) is 13.0 Å². The predicted molar refractivity (Wildman–Crippen MR) is 67.6 cm³/mol. The molecule has 1 aromatic heterocycles. The Labute approximate surface area is 107 Å². The summed E-state index contributed by atoms with van der Waals surface area (Å²) in [6, 6.07) is 2.44. The van der Waals surface area contributed by atoms with Crippen LogP contribution >= 0.6 is 0 Å². The summed E-state index contributed by atoms with van der Waals surface area (Å²) in [6.45, 7) is 7.62. The van der Waals surface area contributed by atoms with Gasteiger partial charge in [-0.3, -0.25) is 9.69 Å². The maximum absolute atomic E-state index is 12.3. The Morgan fingerprint density at radius 3 is 2.56 bits per heavy atom. The first-order valence-corrected chi connectivity index (χ1v) is 6.54. The second kappa shape index (κ2) is 4.74. The van der Waals surface area contributed by atoms with Crippen molar-refractivity contribution < 1.29 is 9.21 Å². The van der Waals surface area contributed by atoms with E-state index in [1.54, 1.807) is 12.3 Å². The second-order valence-electron chi connectivity index (χ2n) is 5.03. The smallest absolute Gasteiger partial charge is 0.257 e. The number of piperazine rings is 1. The van der Waals surface area contributed by atoms with Gasteiger partial charge in [0.1, 0.15) is 5.76 Å². The third kappa shape index (κ3) is 2.04. The van der Waals surface area contributed by atoms with E-state index in [0.29, 0.717) is 17.4 Å².